The monoisotopic (exact) mass is 274 g/mol. The Morgan fingerprint density at radius 2 is 2.33 bits per heavy atom. The molecular weight excluding hydrogens is 260 g/mol. The Kier molecular flexibility index (Phi) is 5.59. The average molecular weight is 274 g/mol. The van der Waals surface area contributed by atoms with E-state index in [0.29, 0.717) is 5.16 Å². The highest BCUT2D eigenvalue weighted by molar-refractivity contribution is 7.99. The van der Waals surface area contributed by atoms with Crippen LogP contribution in [0.4, 0.5) is 0 Å². The first-order valence-corrected chi connectivity index (χ1v) is 6.14. The molecule has 1 rings (SSSR count). The van der Waals surface area contributed by atoms with Crippen LogP contribution in [-0.2, 0) is 14.4 Å². The number of hydrogen-bond acceptors (Lipinski definition) is 6. The predicted octanol–water partition coefficient (Wildman–Crippen LogP) is 0.0835. The van der Waals surface area contributed by atoms with E-state index >= 15 is 0 Å². The van der Waals surface area contributed by atoms with Gasteiger partial charge < -0.3 is 9.67 Å². The summed E-state index contributed by atoms with van der Waals surface area (Å²) in [5, 5.41) is 16.6. The number of rotatable bonds is 7. The highest BCUT2D eigenvalue weighted by Gasteiger charge is 2.10. The lowest BCUT2D eigenvalue weighted by Crippen LogP contribution is -2.28. The van der Waals surface area contributed by atoms with Crippen LogP contribution in [0.2, 0.25) is 0 Å². The summed E-state index contributed by atoms with van der Waals surface area (Å²) in [7, 11) is 0. The summed E-state index contributed by atoms with van der Waals surface area (Å²) >= 11 is 1.20. The van der Waals surface area contributed by atoms with Crippen molar-refractivity contribution in [1.29, 1.82) is 0 Å². The summed E-state index contributed by atoms with van der Waals surface area (Å²) in [5.41, 5.74) is 2.03. The molecule has 18 heavy (non-hydrogen) atoms. The summed E-state index contributed by atoms with van der Waals surface area (Å²) in [6.07, 6.45) is 1.59. The van der Waals surface area contributed by atoms with Gasteiger partial charge in [-0.05, 0) is 13.8 Å². The van der Waals surface area contributed by atoms with Gasteiger partial charge in [0.25, 0.3) is 5.91 Å². The standard InChI is InChI=1S/C9H14N4O4S/c1-6(2)13-5-10-11-9(13)18-4-7(14)12-17-3-8(15)16/h5-6H,3-4H2,1-2H3,(H,12,14)(H,15,16). The lowest BCUT2D eigenvalue weighted by molar-refractivity contribution is -0.148. The van der Waals surface area contributed by atoms with Gasteiger partial charge in [0.1, 0.15) is 6.33 Å². The molecule has 0 unspecified atom stereocenters. The molecule has 0 spiro atoms. The molecule has 9 heteroatoms. The molecule has 1 aromatic rings. The van der Waals surface area contributed by atoms with Gasteiger partial charge in [0, 0.05) is 6.04 Å². The summed E-state index contributed by atoms with van der Waals surface area (Å²) in [4.78, 5) is 25.9. The van der Waals surface area contributed by atoms with E-state index in [1.807, 2.05) is 23.9 Å². The Hall–Kier alpha value is -1.61. The molecule has 0 bridgehead atoms. The molecule has 0 aliphatic carbocycles. The largest absolute Gasteiger partial charge is 0.479 e. The van der Waals surface area contributed by atoms with Gasteiger partial charge in [-0.3, -0.25) is 9.63 Å². The first-order chi connectivity index (χ1) is 8.50. The maximum Gasteiger partial charge on any atom is 0.332 e. The number of nitrogens with one attached hydrogen (secondary N) is 1. The Balaban J connectivity index is 2.33. The van der Waals surface area contributed by atoms with Gasteiger partial charge in [-0.25, -0.2) is 10.3 Å². The van der Waals surface area contributed by atoms with E-state index in [2.05, 4.69) is 15.0 Å². The number of carboxylic acid groups (broad SMARTS) is 1. The van der Waals surface area contributed by atoms with E-state index in [1.54, 1.807) is 6.33 Å². The van der Waals surface area contributed by atoms with E-state index in [0.717, 1.165) is 0 Å². The van der Waals surface area contributed by atoms with Gasteiger partial charge in [0.15, 0.2) is 11.8 Å². The van der Waals surface area contributed by atoms with Gasteiger partial charge in [0.05, 0.1) is 5.75 Å². The number of carbonyl (C=O) groups excluding carboxylic acids is 1. The van der Waals surface area contributed by atoms with Gasteiger partial charge in [-0.2, -0.15) is 0 Å². The summed E-state index contributed by atoms with van der Waals surface area (Å²) < 4.78 is 1.83. The second kappa shape index (κ2) is 6.97. The Labute approximate surface area is 108 Å². The zero-order valence-corrected chi connectivity index (χ0v) is 10.8. The molecule has 0 aliphatic heterocycles. The van der Waals surface area contributed by atoms with E-state index in [-0.39, 0.29) is 11.8 Å². The average Bonchev–Trinajstić information content (AvgIpc) is 2.74. The van der Waals surface area contributed by atoms with Gasteiger partial charge >= 0.3 is 5.97 Å². The molecule has 8 nitrogen and oxygen atoms in total. The number of carbonyl (C=O) groups is 2. The number of hydroxylamine groups is 1. The minimum Gasteiger partial charge on any atom is -0.479 e. The normalized spacial score (nSPS) is 10.6. The molecule has 0 saturated carbocycles. The van der Waals surface area contributed by atoms with Crippen molar-refractivity contribution >= 4 is 23.6 Å². The van der Waals surface area contributed by atoms with E-state index in [4.69, 9.17) is 5.11 Å². The van der Waals surface area contributed by atoms with E-state index < -0.39 is 18.5 Å². The topological polar surface area (TPSA) is 106 Å². The van der Waals surface area contributed by atoms with Crippen molar-refractivity contribution in [1.82, 2.24) is 20.2 Å². The molecule has 1 amide bonds. The molecule has 2 N–H and O–H groups in total. The fraction of sp³-hybridized carbons (Fsp3) is 0.556. The molecule has 0 radical (unpaired) electrons. The maximum absolute atomic E-state index is 11.3. The Bertz CT molecular complexity index is 420. The van der Waals surface area contributed by atoms with Crippen molar-refractivity contribution in [2.24, 2.45) is 0 Å². The SMILES string of the molecule is CC(C)n1cnnc1SCC(=O)NOCC(=O)O. The lowest BCUT2D eigenvalue weighted by atomic mass is 10.4. The second-order valence-corrected chi connectivity index (χ2v) is 4.55. The van der Waals surface area contributed by atoms with Crippen LogP contribution in [0.1, 0.15) is 19.9 Å². The van der Waals surface area contributed by atoms with Crippen LogP contribution >= 0.6 is 11.8 Å². The predicted molar refractivity (Wildman–Crippen MR) is 62.9 cm³/mol. The minimum atomic E-state index is -1.15. The van der Waals surface area contributed by atoms with Crippen LogP contribution in [0.15, 0.2) is 11.5 Å². The van der Waals surface area contributed by atoms with Crippen LogP contribution in [0.25, 0.3) is 0 Å². The third-order valence-corrected chi connectivity index (χ3v) is 2.77. The number of nitrogens with zero attached hydrogens (tertiary/aromatic N) is 3. The third kappa shape index (κ3) is 4.72. The summed E-state index contributed by atoms with van der Waals surface area (Å²) in [5.74, 6) is -1.51. The van der Waals surface area contributed by atoms with Crippen LogP contribution in [0, 0.1) is 0 Å². The van der Waals surface area contributed by atoms with Crippen molar-refractivity contribution in [3.8, 4) is 0 Å². The van der Waals surface area contributed by atoms with Gasteiger partial charge in [-0.1, -0.05) is 11.8 Å². The van der Waals surface area contributed by atoms with Crippen LogP contribution in [0.5, 0.6) is 0 Å². The van der Waals surface area contributed by atoms with E-state index in [9.17, 15) is 9.59 Å². The van der Waals surface area contributed by atoms with Crippen molar-refractivity contribution < 1.29 is 19.5 Å². The van der Waals surface area contributed by atoms with E-state index in [1.165, 1.54) is 11.8 Å². The lowest BCUT2D eigenvalue weighted by Gasteiger charge is -2.09. The fourth-order valence-electron chi connectivity index (χ4n) is 1.03. The quantitative estimate of drug-likeness (QED) is 0.535. The highest BCUT2D eigenvalue weighted by atomic mass is 32.2. The van der Waals surface area contributed by atoms with Crippen molar-refractivity contribution in [3.05, 3.63) is 6.33 Å². The number of thioether (sulfide) groups is 1. The highest BCUT2D eigenvalue weighted by Crippen LogP contribution is 2.18. The first-order valence-electron chi connectivity index (χ1n) is 5.15. The van der Waals surface area contributed by atoms with Crippen molar-refractivity contribution in [2.45, 2.75) is 25.0 Å². The molecule has 0 saturated heterocycles. The first kappa shape index (κ1) is 14.5. The molecule has 100 valence electrons. The van der Waals surface area contributed by atoms with Crippen molar-refractivity contribution in [3.63, 3.8) is 0 Å². The molecule has 1 aromatic heterocycles. The van der Waals surface area contributed by atoms with Gasteiger partial charge in [-0.15, -0.1) is 10.2 Å². The van der Waals surface area contributed by atoms with Crippen LogP contribution < -0.4 is 5.48 Å². The van der Waals surface area contributed by atoms with Crippen LogP contribution in [0.3, 0.4) is 0 Å². The van der Waals surface area contributed by atoms with Gasteiger partial charge in [0.2, 0.25) is 0 Å². The minimum absolute atomic E-state index is 0.0744. The molecular formula is C9H14N4O4S. The Morgan fingerprint density at radius 3 is 2.94 bits per heavy atom. The smallest absolute Gasteiger partial charge is 0.332 e. The van der Waals surface area contributed by atoms with Crippen molar-refractivity contribution in [2.75, 3.05) is 12.4 Å². The third-order valence-electron chi connectivity index (χ3n) is 1.81. The number of hydrogen-bond donors (Lipinski definition) is 2. The zero-order valence-electron chi connectivity index (χ0n) is 9.99. The maximum atomic E-state index is 11.3. The Morgan fingerprint density at radius 1 is 1.61 bits per heavy atom. The van der Waals surface area contributed by atoms with Crippen LogP contribution in [-0.4, -0.2) is 44.1 Å². The molecule has 0 aromatic carbocycles. The number of aromatic nitrogens is 3. The molecule has 1 heterocycles. The molecule has 0 aliphatic rings. The summed E-state index contributed by atoms with van der Waals surface area (Å²) in [6, 6.07) is 0.203. The summed E-state index contributed by atoms with van der Waals surface area (Å²) in [6.45, 7) is 3.38. The second-order valence-electron chi connectivity index (χ2n) is 3.61. The zero-order chi connectivity index (χ0) is 13.5. The fourth-order valence-corrected chi connectivity index (χ4v) is 1.86. The number of carboxylic acids is 1. The molecule has 0 fully saturated rings. The number of aliphatic carboxylic acids is 1. The number of amides is 1. The molecule has 0 atom stereocenters.